The molecule has 2 heterocycles. The van der Waals surface area contributed by atoms with Crippen LogP contribution < -0.4 is 0 Å². The van der Waals surface area contributed by atoms with Crippen molar-refractivity contribution in [2.75, 3.05) is 0 Å². The van der Waals surface area contributed by atoms with Crippen LogP contribution in [0.3, 0.4) is 0 Å². The first-order valence-electron chi connectivity index (χ1n) is 5.04. The molecule has 0 radical (unpaired) electrons. The van der Waals surface area contributed by atoms with Crippen molar-refractivity contribution in [1.82, 2.24) is 9.66 Å². The average Bonchev–Trinajstić information content (AvgIpc) is 2.61. The molecule has 1 aliphatic heterocycles. The van der Waals surface area contributed by atoms with Gasteiger partial charge >= 0.3 is 0 Å². The van der Waals surface area contributed by atoms with E-state index >= 15 is 0 Å². The van der Waals surface area contributed by atoms with E-state index in [1.54, 1.807) is 10.9 Å². The summed E-state index contributed by atoms with van der Waals surface area (Å²) in [4.78, 5) is 4.21. The molecule has 3 nitrogen and oxygen atoms in total. The van der Waals surface area contributed by atoms with E-state index < -0.39 is 0 Å². The minimum Gasteiger partial charge on any atom is -0.235 e. The second-order valence-corrected chi connectivity index (χ2v) is 3.07. The van der Waals surface area contributed by atoms with Gasteiger partial charge in [-0.05, 0) is 12.5 Å². The lowest BCUT2D eigenvalue weighted by Gasteiger charge is -1.97. The second-order valence-electron chi connectivity index (χ2n) is 3.07. The van der Waals surface area contributed by atoms with E-state index in [-0.39, 0.29) is 0 Å². The van der Waals surface area contributed by atoms with Gasteiger partial charge in [0.15, 0.2) is 5.82 Å². The number of rotatable bonds is 0. The van der Waals surface area contributed by atoms with Crippen LogP contribution in [-0.4, -0.2) is 15.9 Å². The van der Waals surface area contributed by atoms with Crippen molar-refractivity contribution >= 4 is 11.8 Å². The molecule has 0 fully saturated rings. The maximum atomic E-state index is 4.26. The van der Waals surface area contributed by atoms with Gasteiger partial charge in [0.2, 0.25) is 0 Å². The van der Waals surface area contributed by atoms with Crippen molar-refractivity contribution in [3.63, 3.8) is 0 Å². The zero-order chi connectivity index (χ0) is 10.6. The molecule has 1 aliphatic rings. The normalized spacial score (nSPS) is 18.9. The van der Waals surface area contributed by atoms with Crippen molar-refractivity contribution in [2.45, 2.75) is 27.7 Å². The van der Waals surface area contributed by atoms with Crippen molar-refractivity contribution in [3.05, 3.63) is 24.3 Å². The summed E-state index contributed by atoms with van der Waals surface area (Å²) in [6.07, 6.45) is 7.71. The lowest BCUT2D eigenvalue weighted by atomic mass is 10.1. The first-order chi connectivity index (χ1) is 6.77. The summed E-state index contributed by atoms with van der Waals surface area (Å²) in [6.45, 7) is 8.17. The van der Waals surface area contributed by atoms with Crippen LogP contribution in [0.2, 0.25) is 0 Å². The molecule has 0 N–H and O–H groups in total. The van der Waals surface area contributed by atoms with E-state index in [9.17, 15) is 0 Å². The number of hydrogen-bond donors (Lipinski definition) is 0. The smallest absolute Gasteiger partial charge is 0.155 e. The molecule has 1 unspecified atom stereocenters. The highest BCUT2D eigenvalue weighted by molar-refractivity contribution is 5.70. The van der Waals surface area contributed by atoms with Crippen LogP contribution in [0.4, 0.5) is 0 Å². The summed E-state index contributed by atoms with van der Waals surface area (Å²) < 4.78 is 1.80. The molecule has 0 saturated carbocycles. The SMILES string of the molecule is CC.CC1=CC(C)C=Nn2ccnc21. The monoisotopic (exact) mass is 191 g/mol. The number of fused-ring (bicyclic) bond motifs is 1. The average molecular weight is 191 g/mol. The summed E-state index contributed by atoms with van der Waals surface area (Å²) >= 11 is 0. The maximum absolute atomic E-state index is 4.26. The van der Waals surface area contributed by atoms with Crippen LogP contribution in [0.1, 0.15) is 33.5 Å². The van der Waals surface area contributed by atoms with E-state index in [2.05, 4.69) is 30.0 Å². The van der Waals surface area contributed by atoms with Gasteiger partial charge in [0.1, 0.15) is 0 Å². The molecular weight excluding hydrogens is 174 g/mol. The van der Waals surface area contributed by atoms with Gasteiger partial charge in [-0.15, -0.1) is 0 Å². The Morgan fingerprint density at radius 2 is 2.07 bits per heavy atom. The van der Waals surface area contributed by atoms with Crippen molar-refractivity contribution in [3.8, 4) is 0 Å². The molecule has 0 saturated heterocycles. The zero-order valence-corrected chi connectivity index (χ0v) is 9.23. The van der Waals surface area contributed by atoms with Crippen molar-refractivity contribution in [1.29, 1.82) is 0 Å². The van der Waals surface area contributed by atoms with Gasteiger partial charge in [-0.2, -0.15) is 5.10 Å². The van der Waals surface area contributed by atoms with Gasteiger partial charge in [-0.1, -0.05) is 26.8 Å². The van der Waals surface area contributed by atoms with Crippen LogP contribution in [0.15, 0.2) is 23.6 Å². The highest BCUT2D eigenvalue weighted by atomic mass is 15.4. The zero-order valence-electron chi connectivity index (χ0n) is 9.23. The molecule has 0 amide bonds. The largest absolute Gasteiger partial charge is 0.235 e. The fraction of sp³-hybridized carbons (Fsp3) is 0.455. The van der Waals surface area contributed by atoms with Crippen LogP contribution in [0.25, 0.3) is 5.57 Å². The van der Waals surface area contributed by atoms with E-state index in [0.29, 0.717) is 5.92 Å². The minimum atomic E-state index is 0.395. The molecule has 0 aromatic carbocycles. The molecule has 0 spiro atoms. The van der Waals surface area contributed by atoms with Gasteiger partial charge in [0.05, 0.1) is 0 Å². The molecule has 76 valence electrons. The first kappa shape index (κ1) is 10.7. The Labute approximate surface area is 85.2 Å². The third kappa shape index (κ3) is 2.10. The second kappa shape index (κ2) is 4.74. The Morgan fingerprint density at radius 3 is 2.79 bits per heavy atom. The Morgan fingerprint density at radius 1 is 1.36 bits per heavy atom. The summed E-state index contributed by atoms with van der Waals surface area (Å²) in [6, 6.07) is 0. The van der Waals surface area contributed by atoms with Gasteiger partial charge in [0.25, 0.3) is 0 Å². The maximum Gasteiger partial charge on any atom is 0.155 e. The molecule has 2 rings (SSSR count). The molecule has 1 aromatic rings. The number of allylic oxidation sites excluding steroid dienone is 2. The van der Waals surface area contributed by atoms with E-state index in [0.717, 1.165) is 5.82 Å². The van der Waals surface area contributed by atoms with Crippen molar-refractivity contribution in [2.24, 2.45) is 11.0 Å². The summed E-state index contributed by atoms with van der Waals surface area (Å²) in [5.41, 5.74) is 1.19. The molecular formula is C11H17N3. The Bertz CT molecular complexity index is 347. The fourth-order valence-electron chi connectivity index (χ4n) is 1.36. The highest BCUT2D eigenvalue weighted by Gasteiger charge is 2.08. The quantitative estimate of drug-likeness (QED) is 0.620. The van der Waals surface area contributed by atoms with Gasteiger partial charge in [-0.3, -0.25) is 0 Å². The van der Waals surface area contributed by atoms with Gasteiger partial charge in [0, 0.05) is 24.5 Å². The van der Waals surface area contributed by atoms with Crippen LogP contribution in [0.5, 0.6) is 0 Å². The van der Waals surface area contributed by atoms with E-state index in [4.69, 9.17) is 0 Å². The molecule has 3 heteroatoms. The lowest BCUT2D eigenvalue weighted by molar-refractivity contribution is 0.855. The van der Waals surface area contributed by atoms with Gasteiger partial charge in [-0.25, -0.2) is 9.66 Å². The van der Waals surface area contributed by atoms with Crippen LogP contribution in [0, 0.1) is 5.92 Å². The van der Waals surface area contributed by atoms with Gasteiger partial charge < -0.3 is 0 Å². The van der Waals surface area contributed by atoms with Crippen molar-refractivity contribution < 1.29 is 0 Å². The Balaban J connectivity index is 0.000000461. The molecule has 0 aliphatic carbocycles. The number of imidazole rings is 1. The molecule has 14 heavy (non-hydrogen) atoms. The van der Waals surface area contributed by atoms with Crippen LogP contribution in [-0.2, 0) is 0 Å². The Kier molecular flexibility index (Phi) is 3.63. The first-order valence-corrected chi connectivity index (χ1v) is 5.04. The predicted octanol–water partition coefficient (Wildman–Crippen LogP) is 2.80. The third-order valence-corrected chi connectivity index (χ3v) is 1.91. The molecule has 1 atom stereocenters. The topological polar surface area (TPSA) is 30.2 Å². The molecule has 1 aromatic heterocycles. The summed E-state index contributed by atoms with van der Waals surface area (Å²) in [7, 11) is 0. The predicted molar refractivity (Wildman–Crippen MR) is 60.3 cm³/mol. The summed E-state index contributed by atoms with van der Waals surface area (Å²) in [5, 5.41) is 4.26. The number of nitrogens with zero attached hydrogens (tertiary/aromatic N) is 3. The van der Waals surface area contributed by atoms with E-state index in [1.165, 1.54) is 5.57 Å². The number of hydrogen-bond acceptors (Lipinski definition) is 2. The lowest BCUT2D eigenvalue weighted by Crippen LogP contribution is -1.92. The number of aromatic nitrogens is 2. The fourth-order valence-corrected chi connectivity index (χ4v) is 1.36. The minimum absolute atomic E-state index is 0.395. The third-order valence-electron chi connectivity index (χ3n) is 1.91. The molecule has 0 bridgehead atoms. The van der Waals surface area contributed by atoms with E-state index in [1.807, 2.05) is 26.3 Å². The highest BCUT2D eigenvalue weighted by Crippen LogP contribution is 2.16. The Hall–Kier alpha value is -1.38. The summed E-state index contributed by atoms with van der Waals surface area (Å²) in [5.74, 6) is 1.34. The van der Waals surface area contributed by atoms with Crippen LogP contribution >= 0.6 is 0 Å². The standard InChI is InChI=1S/C9H11N3.C2H6/c1-7-5-8(2)9-10-3-4-12(9)11-6-7;1-2/h3-7H,1-2H3;1-2H3.